The van der Waals surface area contributed by atoms with E-state index in [1.807, 2.05) is 60.7 Å². The van der Waals surface area contributed by atoms with Crippen LogP contribution < -0.4 is 16.0 Å². The molecule has 39 heavy (non-hydrogen) atoms. The number of ether oxygens (including phenoxy) is 2. The number of rotatable bonds is 13. The topological polar surface area (TPSA) is 146 Å². The van der Waals surface area contributed by atoms with Crippen molar-refractivity contribution in [3.8, 4) is 0 Å². The van der Waals surface area contributed by atoms with Crippen molar-refractivity contribution >= 4 is 24.2 Å². The van der Waals surface area contributed by atoms with Crippen molar-refractivity contribution in [2.75, 3.05) is 19.6 Å². The van der Waals surface area contributed by atoms with Gasteiger partial charge in [-0.2, -0.15) is 0 Å². The maximum absolute atomic E-state index is 12.9. The lowest BCUT2D eigenvalue weighted by molar-refractivity contribution is -0.123. The number of benzene rings is 2. The van der Waals surface area contributed by atoms with Gasteiger partial charge in [-0.05, 0) is 44.7 Å². The van der Waals surface area contributed by atoms with Crippen molar-refractivity contribution in [2.45, 2.75) is 58.4 Å². The molecule has 4 amide bonds. The lowest BCUT2D eigenvalue weighted by Gasteiger charge is -2.24. The Morgan fingerprint density at radius 2 is 1.49 bits per heavy atom. The molecule has 0 aliphatic carbocycles. The van der Waals surface area contributed by atoms with Crippen LogP contribution in [0.3, 0.4) is 0 Å². The molecule has 0 saturated heterocycles. The molecule has 0 aromatic heterocycles. The van der Waals surface area contributed by atoms with Crippen LogP contribution in [0.15, 0.2) is 60.7 Å². The second-order valence-electron chi connectivity index (χ2n) is 9.81. The molecule has 2 aromatic rings. The molecule has 0 saturated carbocycles. The van der Waals surface area contributed by atoms with Crippen LogP contribution in [0.5, 0.6) is 0 Å². The van der Waals surface area contributed by atoms with Crippen molar-refractivity contribution in [3.05, 3.63) is 71.8 Å². The van der Waals surface area contributed by atoms with E-state index >= 15 is 0 Å². The number of carbonyl (C=O) groups excluding carboxylic acids is 3. The molecule has 2 rings (SSSR count). The zero-order chi connectivity index (χ0) is 28.7. The summed E-state index contributed by atoms with van der Waals surface area (Å²) in [6.07, 6.45) is -1.89. The highest BCUT2D eigenvalue weighted by molar-refractivity contribution is 5.85. The molecule has 4 N–H and O–H groups in total. The minimum atomic E-state index is -1.11. The van der Waals surface area contributed by atoms with Crippen molar-refractivity contribution < 1.29 is 33.8 Å². The lowest BCUT2D eigenvalue weighted by Crippen LogP contribution is -2.49. The number of hydrogen-bond acceptors (Lipinski definition) is 6. The number of hydrogen-bond donors (Lipinski definition) is 4. The monoisotopic (exact) mass is 542 g/mol. The van der Waals surface area contributed by atoms with Crippen molar-refractivity contribution in [3.63, 3.8) is 0 Å². The van der Waals surface area contributed by atoms with E-state index < -0.39 is 35.8 Å². The van der Waals surface area contributed by atoms with Gasteiger partial charge in [0.1, 0.15) is 18.2 Å². The second-order valence-corrected chi connectivity index (χ2v) is 9.81. The molecule has 0 heterocycles. The molecular formula is C28H38N4O7. The molecule has 0 aliphatic heterocycles. The van der Waals surface area contributed by atoms with Gasteiger partial charge in [-0.3, -0.25) is 4.79 Å². The first-order valence-corrected chi connectivity index (χ1v) is 12.8. The maximum atomic E-state index is 12.9. The number of nitrogens with one attached hydrogen (secondary N) is 3. The van der Waals surface area contributed by atoms with Gasteiger partial charge in [-0.25, -0.2) is 14.4 Å². The van der Waals surface area contributed by atoms with E-state index in [9.17, 15) is 24.3 Å². The highest BCUT2D eigenvalue weighted by Crippen LogP contribution is 2.08. The summed E-state index contributed by atoms with van der Waals surface area (Å²) in [6.45, 7) is 5.77. The summed E-state index contributed by atoms with van der Waals surface area (Å²) in [4.78, 5) is 50.0. The maximum Gasteiger partial charge on any atom is 0.408 e. The van der Waals surface area contributed by atoms with E-state index in [0.29, 0.717) is 6.42 Å². The third-order valence-corrected chi connectivity index (χ3v) is 5.33. The number of amides is 4. The van der Waals surface area contributed by atoms with Gasteiger partial charge in [0.2, 0.25) is 5.91 Å². The fraction of sp³-hybridized carbons (Fsp3) is 0.429. The standard InChI is InChI=1S/C28H38N4O7/c1-28(2,3)39-26(35)31-23(15-10-16-30-25(34)38-20-22-13-8-5-9-14-22)24(33)29-17-18-32(27(36)37)19-21-11-6-4-7-12-21/h4-9,11-14,23H,10,15-20H2,1-3H3,(H,29,33)(H,30,34)(H,31,35)(H,36,37)/t23-/m0/s1. The summed E-state index contributed by atoms with van der Waals surface area (Å²) in [5.74, 6) is -0.488. The molecule has 1 atom stereocenters. The number of carbonyl (C=O) groups is 4. The van der Waals surface area contributed by atoms with Crippen LogP contribution >= 0.6 is 0 Å². The Kier molecular flexibility index (Phi) is 12.6. The summed E-state index contributed by atoms with van der Waals surface area (Å²) < 4.78 is 10.4. The van der Waals surface area contributed by atoms with E-state index in [-0.39, 0.29) is 39.2 Å². The quantitative estimate of drug-likeness (QED) is 0.281. The van der Waals surface area contributed by atoms with Crippen molar-refractivity contribution in [1.29, 1.82) is 0 Å². The molecule has 0 radical (unpaired) electrons. The summed E-state index contributed by atoms with van der Waals surface area (Å²) in [7, 11) is 0. The van der Waals surface area contributed by atoms with E-state index in [1.165, 1.54) is 4.90 Å². The molecule has 212 valence electrons. The van der Waals surface area contributed by atoms with E-state index in [4.69, 9.17) is 9.47 Å². The Bertz CT molecular complexity index is 1060. The second kappa shape index (κ2) is 15.9. The van der Waals surface area contributed by atoms with E-state index in [2.05, 4.69) is 16.0 Å². The minimum Gasteiger partial charge on any atom is -0.465 e. The average molecular weight is 543 g/mol. The Morgan fingerprint density at radius 3 is 2.08 bits per heavy atom. The van der Waals surface area contributed by atoms with Crippen LogP contribution in [0.25, 0.3) is 0 Å². The fourth-order valence-electron chi connectivity index (χ4n) is 3.47. The molecule has 0 aliphatic rings. The highest BCUT2D eigenvalue weighted by Gasteiger charge is 2.24. The van der Waals surface area contributed by atoms with Crippen LogP contribution in [0.4, 0.5) is 14.4 Å². The zero-order valence-electron chi connectivity index (χ0n) is 22.6. The molecular weight excluding hydrogens is 504 g/mol. The first kappa shape index (κ1) is 30.9. The number of carboxylic acid groups (broad SMARTS) is 1. The van der Waals surface area contributed by atoms with Gasteiger partial charge in [0.25, 0.3) is 0 Å². The van der Waals surface area contributed by atoms with Crippen LogP contribution in [0, 0.1) is 0 Å². The van der Waals surface area contributed by atoms with Crippen molar-refractivity contribution in [1.82, 2.24) is 20.9 Å². The Balaban J connectivity index is 1.85. The minimum absolute atomic E-state index is 0.0501. The Hall–Kier alpha value is -4.28. The summed E-state index contributed by atoms with van der Waals surface area (Å²) in [5, 5.41) is 17.4. The number of alkyl carbamates (subject to hydrolysis) is 2. The predicted octanol–water partition coefficient (Wildman–Crippen LogP) is 3.88. The van der Waals surface area contributed by atoms with Gasteiger partial charge in [-0.15, -0.1) is 0 Å². The van der Waals surface area contributed by atoms with Crippen LogP contribution in [0.1, 0.15) is 44.7 Å². The highest BCUT2D eigenvalue weighted by atomic mass is 16.6. The van der Waals surface area contributed by atoms with E-state index in [1.54, 1.807) is 20.8 Å². The predicted molar refractivity (Wildman–Crippen MR) is 145 cm³/mol. The van der Waals surface area contributed by atoms with Gasteiger partial charge < -0.3 is 35.4 Å². The molecule has 0 bridgehead atoms. The summed E-state index contributed by atoms with van der Waals surface area (Å²) in [5.41, 5.74) is 0.927. The normalized spacial score (nSPS) is 11.6. The van der Waals surface area contributed by atoms with Crippen LogP contribution in [-0.4, -0.2) is 65.5 Å². The van der Waals surface area contributed by atoms with E-state index in [0.717, 1.165) is 11.1 Å². The first-order valence-electron chi connectivity index (χ1n) is 12.8. The molecule has 0 spiro atoms. The first-order chi connectivity index (χ1) is 18.5. The average Bonchev–Trinajstić information content (AvgIpc) is 2.88. The number of nitrogens with zero attached hydrogens (tertiary/aromatic N) is 1. The third kappa shape index (κ3) is 13.2. The Morgan fingerprint density at radius 1 is 0.872 bits per heavy atom. The largest absolute Gasteiger partial charge is 0.465 e. The summed E-state index contributed by atoms with van der Waals surface area (Å²) >= 11 is 0. The van der Waals surface area contributed by atoms with Crippen molar-refractivity contribution in [2.24, 2.45) is 0 Å². The van der Waals surface area contributed by atoms with Gasteiger partial charge in [0.15, 0.2) is 0 Å². The summed E-state index contributed by atoms with van der Waals surface area (Å²) in [6, 6.07) is 17.4. The fourth-order valence-corrected chi connectivity index (χ4v) is 3.47. The molecule has 11 nitrogen and oxygen atoms in total. The molecule has 2 aromatic carbocycles. The molecule has 0 fully saturated rings. The van der Waals surface area contributed by atoms with Gasteiger partial charge in [-0.1, -0.05) is 60.7 Å². The van der Waals surface area contributed by atoms with Gasteiger partial charge in [0, 0.05) is 26.2 Å². The smallest absolute Gasteiger partial charge is 0.408 e. The molecule has 11 heteroatoms. The third-order valence-electron chi connectivity index (χ3n) is 5.33. The van der Waals surface area contributed by atoms with Gasteiger partial charge in [0.05, 0.1) is 0 Å². The lowest BCUT2D eigenvalue weighted by atomic mass is 10.1. The zero-order valence-corrected chi connectivity index (χ0v) is 22.6. The van der Waals surface area contributed by atoms with Crippen LogP contribution in [0.2, 0.25) is 0 Å². The van der Waals surface area contributed by atoms with Crippen LogP contribution in [-0.2, 0) is 27.4 Å². The van der Waals surface area contributed by atoms with Gasteiger partial charge >= 0.3 is 18.3 Å². The Labute approximate surface area is 228 Å². The SMILES string of the molecule is CC(C)(C)OC(=O)N[C@@H](CCCNC(=O)OCc1ccccc1)C(=O)NCCN(Cc1ccccc1)C(=O)O. The molecule has 0 unspecified atom stereocenters.